The van der Waals surface area contributed by atoms with Crippen molar-refractivity contribution in [1.29, 1.82) is 0 Å². The number of carbonyl (C=O) groups is 1. The number of fused-ring (bicyclic) bond motifs is 2. The number of aromatic nitrogens is 2. The molecule has 3 heterocycles. The van der Waals surface area contributed by atoms with Crippen molar-refractivity contribution < 1.29 is 4.79 Å². The van der Waals surface area contributed by atoms with E-state index in [4.69, 9.17) is 0 Å². The van der Waals surface area contributed by atoms with Crippen molar-refractivity contribution in [3.8, 4) is 0 Å². The standard InChI is InChI=1S/C17H11BrN4O/c18-11-7-13-14(17(23)22-16(13)21-8-11)9-20-12-3-4-15-10(6-12)2-1-5-19-15/h1-9,14H,(H,21,22,23). The molecule has 0 saturated heterocycles. The number of rotatable bonds is 2. The number of benzene rings is 1. The van der Waals surface area contributed by atoms with Crippen molar-refractivity contribution in [1.82, 2.24) is 9.97 Å². The molecule has 1 aromatic carbocycles. The van der Waals surface area contributed by atoms with Crippen LogP contribution >= 0.6 is 15.9 Å². The van der Waals surface area contributed by atoms with Gasteiger partial charge in [0.05, 0.1) is 11.2 Å². The minimum absolute atomic E-state index is 0.114. The van der Waals surface area contributed by atoms with E-state index in [0.29, 0.717) is 5.82 Å². The van der Waals surface area contributed by atoms with Gasteiger partial charge in [-0.1, -0.05) is 6.07 Å². The number of amides is 1. The highest BCUT2D eigenvalue weighted by atomic mass is 79.9. The Balaban J connectivity index is 1.68. The van der Waals surface area contributed by atoms with Gasteiger partial charge in [-0.15, -0.1) is 0 Å². The van der Waals surface area contributed by atoms with Gasteiger partial charge in [-0.05, 0) is 46.3 Å². The third kappa shape index (κ3) is 2.61. The van der Waals surface area contributed by atoms with Gasteiger partial charge in [0.15, 0.2) is 0 Å². The summed E-state index contributed by atoms with van der Waals surface area (Å²) in [5.41, 5.74) is 2.54. The summed E-state index contributed by atoms with van der Waals surface area (Å²) in [7, 11) is 0. The molecule has 1 aliphatic heterocycles. The summed E-state index contributed by atoms with van der Waals surface area (Å²) in [6.45, 7) is 0. The molecule has 3 aromatic rings. The molecule has 0 aliphatic carbocycles. The maximum atomic E-state index is 12.1. The van der Waals surface area contributed by atoms with Gasteiger partial charge in [0, 0.05) is 34.0 Å². The number of hydrogen-bond acceptors (Lipinski definition) is 4. The van der Waals surface area contributed by atoms with Gasteiger partial charge < -0.3 is 5.32 Å². The van der Waals surface area contributed by atoms with Crippen molar-refractivity contribution in [2.45, 2.75) is 5.92 Å². The van der Waals surface area contributed by atoms with E-state index in [9.17, 15) is 4.79 Å². The average Bonchev–Trinajstić information content (AvgIpc) is 2.87. The predicted molar refractivity (Wildman–Crippen MR) is 93.2 cm³/mol. The number of halogens is 1. The summed E-state index contributed by atoms with van der Waals surface area (Å²) in [6.07, 6.45) is 5.08. The van der Waals surface area contributed by atoms with Crippen molar-refractivity contribution in [3.63, 3.8) is 0 Å². The molecule has 0 spiro atoms. The Labute approximate surface area is 140 Å². The Morgan fingerprint density at radius 2 is 2.13 bits per heavy atom. The fourth-order valence-electron chi connectivity index (χ4n) is 2.58. The lowest BCUT2D eigenvalue weighted by atomic mass is 10.0. The molecule has 1 unspecified atom stereocenters. The van der Waals surface area contributed by atoms with Crippen LogP contribution in [0.4, 0.5) is 11.5 Å². The number of hydrogen-bond donors (Lipinski definition) is 1. The van der Waals surface area contributed by atoms with E-state index in [1.54, 1.807) is 18.6 Å². The molecule has 6 heteroatoms. The first-order valence-corrected chi connectivity index (χ1v) is 7.85. The molecule has 2 aromatic heterocycles. The van der Waals surface area contributed by atoms with Crippen LogP contribution in [0.2, 0.25) is 0 Å². The highest BCUT2D eigenvalue weighted by molar-refractivity contribution is 9.10. The van der Waals surface area contributed by atoms with E-state index >= 15 is 0 Å². The number of carbonyl (C=O) groups excluding carboxylic acids is 1. The minimum atomic E-state index is -0.431. The molecule has 1 N–H and O–H groups in total. The molecule has 4 rings (SSSR count). The van der Waals surface area contributed by atoms with Crippen LogP contribution in [0.3, 0.4) is 0 Å². The molecule has 1 aliphatic rings. The fourth-order valence-corrected chi connectivity index (χ4v) is 2.93. The molecular formula is C17H11BrN4O. The molecule has 23 heavy (non-hydrogen) atoms. The van der Waals surface area contributed by atoms with Crippen molar-refractivity contribution in [2.24, 2.45) is 4.99 Å². The molecule has 0 saturated carbocycles. The zero-order valence-corrected chi connectivity index (χ0v) is 13.5. The monoisotopic (exact) mass is 366 g/mol. The lowest BCUT2D eigenvalue weighted by Gasteiger charge is -2.03. The maximum Gasteiger partial charge on any atom is 0.238 e. The van der Waals surface area contributed by atoms with Gasteiger partial charge in [0.2, 0.25) is 5.91 Å². The molecule has 1 amide bonds. The summed E-state index contributed by atoms with van der Waals surface area (Å²) in [5, 5.41) is 3.78. The summed E-state index contributed by atoms with van der Waals surface area (Å²) < 4.78 is 0.836. The second kappa shape index (κ2) is 5.55. The van der Waals surface area contributed by atoms with Crippen LogP contribution in [0.25, 0.3) is 10.9 Å². The number of nitrogens with one attached hydrogen (secondary N) is 1. The van der Waals surface area contributed by atoms with E-state index in [-0.39, 0.29) is 5.91 Å². The van der Waals surface area contributed by atoms with Crippen LogP contribution < -0.4 is 5.32 Å². The second-order valence-corrected chi connectivity index (χ2v) is 6.13. The first-order chi connectivity index (χ1) is 11.2. The predicted octanol–water partition coefficient (Wildman–Crippen LogP) is 3.83. The SMILES string of the molecule is O=C1Nc2ncc(Br)cc2C1C=Nc1ccc2ncccc2c1. The molecule has 112 valence electrons. The zero-order valence-electron chi connectivity index (χ0n) is 11.9. The van der Waals surface area contributed by atoms with Crippen LogP contribution in [-0.2, 0) is 4.79 Å². The number of pyridine rings is 2. The van der Waals surface area contributed by atoms with Gasteiger partial charge in [-0.25, -0.2) is 4.98 Å². The number of aliphatic imine (C=N–C) groups is 1. The lowest BCUT2D eigenvalue weighted by Crippen LogP contribution is -2.12. The van der Waals surface area contributed by atoms with Gasteiger partial charge in [-0.3, -0.25) is 14.8 Å². The fraction of sp³-hybridized carbons (Fsp3) is 0.0588. The molecule has 0 fully saturated rings. The minimum Gasteiger partial charge on any atom is -0.310 e. The van der Waals surface area contributed by atoms with Crippen LogP contribution in [0.5, 0.6) is 0 Å². The molecule has 1 atom stereocenters. The summed E-state index contributed by atoms with van der Waals surface area (Å²) in [5.74, 6) is 0.0498. The van der Waals surface area contributed by atoms with Crippen molar-refractivity contribution in [3.05, 3.63) is 58.8 Å². The van der Waals surface area contributed by atoms with Crippen molar-refractivity contribution >= 4 is 50.5 Å². The summed E-state index contributed by atoms with van der Waals surface area (Å²) in [4.78, 5) is 25.1. The van der Waals surface area contributed by atoms with E-state index in [1.165, 1.54) is 0 Å². The molecular weight excluding hydrogens is 356 g/mol. The van der Waals surface area contributed by atoms with E-state index in [2.05, 4.69) is 36.2 Å². The quantitative estimate of drug-likeness (QED) is 0.700. The van der Waals surface area contributed by atoms with Crippen molar-refractivity contribution in [2.75, 3.05) is 5.32 Å². The van der Waals surface area contributed by atoms with Crippen LogP contribution in [0.1, 0.15) is 11.5 Å². The highest BCUT2D eigenvalue weighted by Crippen LogP contribution is 2.32. The molecule has 5 nitrogen and oxygen atoms in total. The Hall–Kier alpha value is -2.60. The first kappa shape index (κ1) is 14.0. The maximum absolute atomic E-state index is 12.1. The van der Waals surface area contributed by atoms with Gasteiger partial charge in [0.25, 0.3) is 0 Å². The Kier molecular flexibility index (Phi) is 3.38. The van der Waals surface area contributed by atoms with Gasteiger partial charge in [-0.2, -0.15) is 0 Å². The molecule has 0 radical (unpaired) electrons. The average molecular weight is 367 g/mol. The highest BCUT2D eigenvalue weighted by Gasteiger charge is 2.30. The lowest BCUT2D eigenvalue weighted by molar-refractivity contribution is -0.115. The van der Waals surface area contributed by atoms with Gasteiger partial charge in [0.1, 0.15) is 11.7 Å². The number of anilines is 1. The first-order valence-electron chi connectivity index (χ1n) is 7.06. The zero-order chi connectivity index (χ0) is 15.8. The second-order valence-electron chi connectivity index (χ2n) is 5.22. The Morgan fingerprint density at radius 1 is 1.22 bits per heavy atom. The van der Waals surface area contributed by atoms with Crippen LogP contribution in [0, 0.1) is 0 Å². The van der Waals surface area contributed by atoms with E-state index in [0.717, 1.165) is 26.6 Å². The normalized spacial score (nSPS) is 16.7. The third-order valence-electron chi connectivity index (χ3n) is 3.70. The van der Waals surface area contributed by atoms with E-state index in [1.807, 2.05) is 36.4 Å². The van der Waals surface area contributed by atoms with E-state index < -0.39 is 5.92 Å². The van der Waals surface area contributed by atoms with Crippen LogP contribution in [-0.4, -0.2) is 22.1 Å². The summed E-state index contributed by atoms with van der Waals surface area (Å²) in [6, 6.07) is 11.5. The Morgan fingerprint density at radius 3 is 3.04 bits per heavy atom. The van der Waals surface area contributed by atoms with Gasteiger partial charge >= 0.3 is 0 Å². The van der Waals surface area contributed by atoms with Crippen LogP contribution in [0.15, 0.2) is 58.3 Å². The number of nitrogens with zero attached hydrogens (tertiary/aromatic N) is 3. The summed E-state index contributed by atoms with van der Waals surface area (Å²) >= 11 is 3.38. The largest absolute Gasteiger partial charge is 0.310 e. The Bertz CT molecular complexity index is 954. The smallest absolute Gasteiger partial charge is 0.238 e. The third-order valence-corrected chi connectivity index (χ3v) is 4.14. The topological polar surface area (TPSA) is 67.2 Å². The molecule has 0 bridgehead atoms.